The van der Waals surface area contributed by atoms with Gasteiger partial charge in [0, 0.05) is 74.6 Å². The van der Waals surface area contributed by atoms with E-state index in [1.54, 1.807) is 13.3 Å². The lowest BCUT2D eigenvalue weighted by Gasteiger charge is -2.41. The molecule has 3 N–H and O–H groups in total. The minimum Gasteiger partial charge on any atom is -0.494 e. The van der Waals surface area contributed by atoms with Gasteiger partial charge < -0.3 is 30.2 Å². The smallest absolute Gasteiger partial charge is 0.229 e. The van der Waals surface area contributed by atoms with Gasteiger partial charge in [-0.1, -0.05) is 19.1 Å². The SMILES string of the molecule is CCc1cc(Nc2ncc(Br)c(Nc3ccc(C4CCC[PH]4=O)cc3)n2)c(OC)cc1N1CCC(N2CCNCC2)CC1. The van der Waals surface area contributed by atoms with Gasteiger partial charge >= 0.3 is 0 Å². The monoisotopic (exact) mass is 667 g/mol. The number of anilines is 5. The maximum atomic E-state index is 12.4. The fourth-order valence-electron chi connectivity index (χ4n) is 6.72. The summed E-state index contributed by atoms with van der Waals surface area (Å²) in [5.41, 5.74) is 5.70. The lowest BCUT2D eigenvalue weighted by Crippen LogP contribution is -2.52. The Morgan fingerprint density at radius 1 is 1.07 bits per heavy atom. The molecule has 0 saturated carbocycles. The van der Waals surface area contributed by atoms with Crippen LogP contribution in [0.2, 0.25) is 0 Å². The van der Waals surface area contributed by atoms with Crippen molar-refractivity contribution in [2.45, 2.75) is 50.7 Å². The first-order chi connectivity index (χ1) is 21.0. The fraction of sp³-hybridized carbons (Fsp3) is 0.500. The summed E-state index contributed by atoms with van der Waals surface area (Å²) in [7, 11) is 0.206. The Hall–Kier alpha value is -2.65. The van der Waals surface area contributed by atoms with Gasteiger partial charge in [-0.05, 0) is 83.5 Å². The molecule has 2 aromatic carbocycles. The molecule has 11 heteroatoms. The van der Waals surface area contributed by atoms with Gasteiger partial charge in [-0.25, -0.2) is 4.98 Å². The molecular formula is C32H43BrN7O2P. The van der Waals surface area contributed by atoms with Crippen molar-refractivity contribution < 1.29 is 9.30 Å². The molecule has 3 saturated heterocycles. The van der Waals surface area contributed by atoms with E-state index in [9.17, 15) is 4.57 Å². The average Bonchev–Trinajstić information content (AvgIpc) is 3.49. The molecule has 0 bridgehead atoms. The Kier molecular flexibility index (Phi) is 9.87. The van der Waals surface area contributed by atoms with E-state index < -0.39 is 7.80 Å². The predicted molar refractivity (Wildman–Crippen MR) is 181 cm³/mol. The molecule has 6 rings (SSSR count). The van der Waals surface area contributed by atoms with E-state index in [4.69, 9.17) is 9.72 Å². The maximum absolute atomic E-state index is 12.4. The molecule has 3 aliphatic rings. The van der Waals surface area contributed by atoms with Crippen LogP contribution < -0.4 is 25.6 Å². The minimum atomic E-state index is -1.51. The number of ether oxygens (including phenoxy) is 1. The number of hydrogen-bond acceptors (Lipinski definition) is 9. The molecule has 2 unspecified atom stereocenters. The van der Waals surface area contributed by atoms with Gasteiger partial charge in [-0.3, -0.25) is 4.90 Å². The summed E-state index contributed by atoms with van der Waals surface area (Å²) in [5, 5.41) is 10.3. The molecule has 3 aromatic rings. The number of piperazine rings is 1. The number of rotatable bonds is 9. The Bertz CT molecular complexity index is 1430. The third-order valence-electron chi connectivity index (χ3n) is 9.13. The molecule has 2 atom stereocenters. The lowest BCUT2D eigenvalue weighted by molar-refractivity contribution is 0.150. The van der Waals surface area contributed by atoms with Crippen LogP contribution in [0, 0.1) is 0 Å². The quantitative estimate of drug-likeness (QED) is 0.219. The van der Waals surface area contributed by atoms with Crippen LogP contribution in [-0.2, 0) is 11.0 Å². The average molecular weight is 669 g/mol. The number of halogens is 1. The van der Waals surface area contributed by atoms with E-state index in [0.29, 0.717) is 17.8 Å². The van der Waals surface area contributed by atoms with E-state index in [1.165, 1.54) is 29.7 Å². The van der Waals surface area contributed by atoms with E-state index in [2.05, 4.69) is 77.9 Å². The van der Waals surface area contributed by atoms with E-state index in [1.807, 2.05) is 12.1 Å². The topological polar surface area (TPSA) is 94.6 Å². The van der Waals surface area contributed by atoms with E-state index >= 15 is 0 Å². The highest BCUT2D eigenvalue weighted by Gasteiger charge is 2.27. The summed E-state index contributed by atoms with van der Waals surface area (Å²) in [4.78, 5) is 14.5. The van der Waals surface area contributed by atoms with Crippen LogP contribution in [0.5, 0.6) is 5.75 Å². The molecule has 1 aromatic heterocycles. The number of hydrogen-bond donors (Lipinski definition) is 3. The van der Waals surface area contributed by atoms with Crippen LogP contribution in [0.1, 0.15) is 49.4 Å². The second kappa shape index (κ2) is 14.0. The highest BCUT2D eigenvalue weighted by Crippen LogP contribution is 2.50. The molecule has 230 valence electrons. The first kappa shape index (κ1) is 30.4. The molecule has 9 nitrogen and oxygen atoms in total. The zero-order valence-electron chi connectivity index (χ0n) is 25.2. The van der Waals surface area contributed by atoms with Crippen LogP contribution in [-0.4, -0.2) is 73.4 Å². The van der Waals surface area contributed by atoms with Gasteiger partial charge in [-0.15, -0.1) is 0 Å². The number of nitrogens with zero attached hydrogens (tertiary/aromatic N) is 4. The molecule has 0 aliphatic carbocycles. The molecule has 4 heterocycles. The number of aryl methyl sites for hydroxylation is 1. The highest BCUT2D eigenvalue weighted by molar-refractivity contribution is 9.10. The van der Waals surface area contributed by atoms with Crippen LogP contribution in [0.4, 0.5) is 28.8 Å². The third-order valence-corrected chi connectivity index (χ3v) is 12.0. The molecular weight excluding hydrogens is 625 g/mol. The Labute approximate surface area is 264 Å². The standard InChI is InChI=1S/C32H43BrN7O2P/c1-3-22-19-27(29(42-2)20-28(22)40-14-10-25(11-15-40)39-16-12-34-13-17-39)37-32-35-21-26(33)31(38-32)36-24-8-6-23(7-9-24)30-5-4-18-43(30)41/h6-9,19-21,25,30,34,43H,3-5,10-18H2,1-2H3,(H2,35,36,37,38). The van der Waals surface area contributed by atoms with Crippen LogP contribution >= 0.6 is 23.7 Å². The summed E-state index contributed by atoms with van der Waals surface area (Å²) in [6.07, 6.45) is 8.02. The van der Waals surface area contributed by atoms with Gasteiger partial charge in [0.1, 0.15) is 11.6 Å². The summed E-state index contributed by atoms with van der Waals surface area (Å²) in [6, 6.07) is 13.3. The van der Waals surface area contributed by atoms with Crippen molar-refractivity contribution in [1.82, 2.24) is 20.2 Å². The zero-order chi connectivity index (χ0) is 29.8. The van der Waals surface area contributed by atoms with Crippen LogP contribution in [0.15, 0.2) is 47.1 Å². The summed E-state index contributed by atoms with van der Waals surface area (Å²) in [5.74, 6) is 1.93. The number of nitrogens with one attached hydrogen (secondary N) is 3. The molecule has 3 fully saturated rings. The molecule has 3 aliphatic heterocycles. The van der Waals surface area contributed by atoms with Crippen molar-refractivity contribution >= 4 is 52.6 Å². The second-order valence-corrected chi connectivity index (χ2v) is 14.7. The van der Waals surface area contributed by atoms with Gasteiger partial charge in [-0.2, -0.15) is 4.98 Å². The van der Waals surface area contributed by atoms with E-state index in [0.717, 1.165) is 86.3 Å². The number of aromatic nitrogens is 2. The molecule has 0 spiro atoms. The van der Waals surface area contributed by atoms with Crippen molar-refractivity contribution in [2.75, 3.05) is 68.1 Å². The largest absolute Gasteiger partial charge is 0.494 e. The first-order valence-electron chi connectivity index (χ1n) is 15.6. The van der Waals surface area contributed by atoms with Crippen molar-refractivity contribution in [1.29, 1.82) is 0 Å². The zero-order valence-corrected chi connectivity index (χ0v) is 27.8. The van der Waals surface area contributed by atoms with Gasteiger partial charge in [0.15, 0.2) is 0 Å². The number of methoxy groups -OCH3 is 1. The highest BCUT2D eigenvalue weighted by atomic mass is 79.9. The normalized spacial score (nSPS) is 21.6. The number of benzene rings is 2. The Morgan fingerprint density at radius 2 is 1.84 bits per heavy atom. The molecule has 0 radical (unpaired) electrons. The minimum absolute atomic E-state index is 0.221. The van der Waals surface area contributed by atoms with Crippen molar-refractivity contribution in [3.05, 3.63) is 58.2 Å². The second-order valence-electron chi connectivity index (χ2n) is 11.7. The number of piperidine rings is 1. The van der Waals surface area contributed by atoms with Gasteiger partial charge in [0.25, 0.3) is 0 Å². The third kappa shape index (κ3) is 7.03. The first-order valence-corrected chi connectivity index (χ1v) is 18.1. The van der Waals surface area contributed by atoms with E-state index in [-0.39, 0.29) is 5.66 Å². The lowest BCUT2D eigenvalue weighted by atomic mass is 9.99. The Morgan fingerprint density at radius 3 is 2.51 bits per heavy atom. The molecule has 43 heavy (non-hydrogen) atoms. The molecule has 0 amide bonds. The summed E-state index contributed by atoms with van der Waals surface area (Å²) < 4.78 is 19.0. The summed E-state index contributed by atoms with van der Waals surface area (Å²) in [6.45, 7) is 8.84. The fourth-order valence-corrected chi connectivity index (χ4v) is 9.00. The van der Waals surface area contributed by atoms with Gasteiger partial charge in [0.05, 0.1) is 25.1 Å². The van der Waals surface area contributed by atoms with Crippen LogP contribution in [0.25, 0.3) is 0 Å². The summed E-state index contributed by atoms with van der Waals surface area (Å²) >= 11 is 3.59. The maximum Gasteiger partial charge on any atom is 0.229 e. The van der Waals surface area contributed by atoms with Crippen molar-refractivity contribution in [2.24, 2.45) is 0 Å². The van der Waals surface area contributed by atoms with Gasteiger partial charge in [0.2, 0.25) is 5.95 Å². The van der Waals surface area contributed by atoms with Crippen LogP contribution in [0.3, 0.4) is 0 Å². The van der Waals surface area contributed by atoms with Crippen molar-refractivity contribution in [3.8, 4) is 5.75 Å². The van der Waals surface area contributed by atoms with Crippen molar-refractivity contribution in [3.63, 3.8) is 0 Å². The predicted octanol–water partition coefficient (Wildman–Crippen LogP) is 6.57. The Balaban J connectivity index is 1.15.